The number of carbonyl (C=O) groups is 2. The zero-order chi connectivity index (χ0) is 15.6. The van der Waals surface area contributed by atoms with E-state index in [4.69, 9.17) is 4.74 Å². The number of amides is 1. The summed E-state index contributed by atoms with van der Waals surface area (Å²) in [6.07, 6.45) is 0.0398. The lowest BCUT2D eigenvalue weighted by molar-refractivity contribution is -0.143. The molecule has 21 heavy (non-hydrogen) atoms. The van der Waals surface area contributed by atoms with Gasteiger partial charge in [0.05, 0.1) is 11.7 Å². The fraction of sp³-hybridized carbons (Fsp3) is 0.375. The van der Waals surface area contributed by atoms with E-state index in [2.05, 4.69) is 21.2 Å². The largest absolute Gasteiger partial charge is 0.460 e. The van der Waals surface area contributed by atoms with Crippen molar-refractivity contribution in [3.63, 3.8) is 0 Å². The summed E-state index contributed by atoms with van der Waals surface area (Å²) in [5, 5.41) is 2.73. The van der Waals surface area contributed by atoms with Gasteiger partial charge in [-0.25, -0.2) is 4.79 Å². The number of halogens is 1. The molecule has 1 amide bonds. The standard InChI is InChI=1S/C16H18BrNO3/c1-9(2)21-16(20)15-10(3)18-14(19)8-12(15)11-6-4-5-7-13(11)17/h4-7,9,12H,8H2,1-3H3,(H,18,19)/t12-/m1/s1. The summed E-state index contributed by atoms with van der Waals surface area (Å²) >= 11 is 3.49. The van der Waals surface area contributed by atoms with Gasteiger partial charge in [-0.3, -0.25) is 4.79 Å². The molecule has 0 bridgehead atoms. The number of benzene rings is 1. The molecule has 0 aliphatic carbocycles. The Morgan fingerprint density at radius 1 is 1.38 bits per heavy atom. The van der Waals surface area contributed by atoms with E-state index in [-0.39, 0.29) is 30.3 Å². The van der Waals surface area contributed by atoms with E-state index in [1.54, 1.807) is 6.92 Å². The summed E-state index contributed by atoms with van der Waals surface area (Å²) in [4.78, 5) is 24.2. The monoisotopic (exact) mass is 351 g/mol. The smallest absolute Gasteiger partial charge is 0.336 e. The summed E-state index contributed by atoms with van der Waals surface area (Å²) < 4.78 is 6.21. The first kappa shape index (κ1) is 15.8. The first-order valence-corrected chi connectivity index (χ1v) is 7.65. The molecule has 0 saturated carbocycles. The van der Waals surface area contributed by atoms with Crippen molar-refractivity contribution in [3.8, 4) is 0 Å². The van der Waals surface area contributed by atoms with Crippen molar-refractivity contribution in [2.75, 3.05) is 0 Å². The van der Waals surface area contributed by atoms with Gasteiger partial charge in [0.25, 0.3) is 0 Å². The van der Waals surface area contributed by atoms with Crippen LogP contribution in [0, 0.1) is 0 Å². The average Bonchev–Trinajstić information content (AvgIpc) is 2.37. The second-order valence-electron chi connectivity index (χ2n) is 5.32. The minimum atomic E-state index is -0.372. The Morgan fingerprint density at radius 3 is 2.67 bits per heavy atom. The lowest BCUT2D eigenvalue weighted by Gasteiger charge is -2.27. The van der Waals surface area contributed by atoms with Crippen molar-refractivity contribution in [2.45, 2.75) is 39.2 Å². The molecule has 1 heterocycles. The van der Waals surface area contributed by atoms with Crippen molar-refractivity contribution >= 4 is 27.8 Å². The van der Waals surface area contributed by atoms with Crippen LogP contribution >= 0.6 is 15.9 Å². The number of allylic oxidation sites excluding steroid dienone is 1. The Morgan fingerprint density at radius 2 is 2.05 bits per heavy atom. The van der Waals surface area contributed by atoms with Crippen LogP contribution in [0.5, 0.6) is 0 Å². The van der Waals surface area contributed by atoms with Crippen LogP contribution in [0.25, 0.3) is 0 Å². The highest BCUT2D eigenvalue weighted by Gasteiger charge is 2.33. The van der Waals surface area contributed by atoms with Gasteiger partial charge in [0.2, 0.25) is 5.91 Å². The fourth-order valence-corrected chi connectivity index (χ4v) is 3.03. The van der Waals surface area contributed by atoms with E-state index >= 15 is 0 Å². The van der Waals surface area contributed by atoms with Crippen molar-refractivity contribution in [1.29, 1.82) is 0 Å². The molecule has 0 unspecified atom stereocenters. The average molecular weight is 352 g/mol. The second kappa shape index (κ2) is 6.43. The van der Waals surface area contributed by atoms with E-state index in [1.807, 2.05) is 38.1 Å². The molecule has 1 aliphatic rings. The number of rotatable bonds is 3. The lowest BCUT2D eigenvalue weighted by Crippen LogP contribution is -2.34. The molecule has 0 aromatic heterocycles. The highest BCUT2D eigenvalue weighted by atomic mass is 79.9. The van der Waals surface area contributed by atoms with Gasteiger partial charge in [-0.05, 0) is 32.4 Å². The molecule has 1 aliphatic heterocycles. The minimum absolute atomic E-state index is 0.0886. The van der Waals surface area contributed by atoms with Gasteiger partial charge in [0.15, 0.2) is 0 Å². The summed E-state index contributed by atoms with van der Waals surface area (Å²) in [6.45, 7) is 5.35. The fourth-order valence-electron chi connectivity index (χ4n) is 2.47. The predicted molar refractivity (Wildman–Crippen MR) is 83.6 cm³/mol. The van der Waals surface area contributed by atoms with Gasteiger partial charge in [-0.1, -0.05) is 34.1 Å². The minimum Gasteiger partial charge on any atom is -0.460 e. The van der Waals surface area contributed by atoms with Crippen LogP contribution in [0.3, 0.4) is 0 Å². The molecule has 5 heteroatoms. The van der Waals surface area contributed by atoms with Crippen molar-refractivity contribution < 1.29 is 14.3 Å². The number of esters is 1. The van der Waals surface area contributed by atoms with Crippen LogP contribution in [0.4, 0.5) is 0 Å². The Balaban J connectivity index is 2.46. The van der Waals surface area contributed by atoms with Crippen molar-refractivity contribution in [2.24, 2.45) is 0 Å². The molecule has 0 spiro atoms. The van der Waals surface area contributed by atoms with Gasteiger partial charge in [0, 0.05) is 22.5 Å². The summed E-state index contributed by atoms with van der Waals surface area (Å²) in [5.74, 6) is -0.752. The first-order valence-electron chi connectivity index (χ1n) is 6.86. The summed E-state index contributed by atoms with van der Waals surface area (Å²) in [6, 6.07) is 7.62. The SMILES string of the molecule is CC1=C(C(=O)OC(C)C)[C@@H](c2ccccc2Br)CC(=O)N1. The molecule has 2 rings (SSSR count). The van der Waals surface area contributed by atoms with Gasteiger partial charge in [-0.2, -0.15) is 0 Å². The molecule has 0 fully saturated rings. The number of hydrogen-bond acceptors (Lipinski definition) is 3. The maximum atomic E-state index is 12.4. The van der Waals surface area contributed by atoms with Crippen LogP contribution in [0.15, 0.2) is 40.0 Å². The van der Waals surface area contributed by atoms with E-state index in [9.17, 15) is 9.59 Å². The predicted octanol–water partition coefficient (Wildman–Crippen LogP) is 3.28. The quantitative estimate of drug-likeness (QED) is 0.850. The molecule has 1 aromatic rings. The molecule has 4 nitrogen and oxygen atoms in total. The zero-order valence-corrected chi connectivity index (χ0v) is 13.9. The Labute approximate surface area is 132 Å². The Bertz CT molecular complexity index is 607. The second-order valence-corrected chi connectivity index (χ2v) is 6.17. The summed E-state index contributed by atoms with van der Waals surface area (Å²) in [5.41, 5.74) is 2.01. The number of nitrogens with one attached hydrogen (secondary N) is 1. The van der Waals surface area contributed by atoms with E-state index < -0.39 is 0 Å². The highest BCUT2D eigenvalue weighted by molar-refractivity contribution is 9.10. The molecule has 1 aromatic carbocycles. The van der Waals surface area contributed by atoms with Crippen LogP contribution in [0.2, 0.25) is 0 Å². The highest BCUT2D eigenvalue weighted by Crippen LogP contribution is 2.37. The van der Waals surface area contributed by atoms with Crippen molar-refractivity contribution in [1.82, 2.24) is 5.32 Å². The first-order chi connectivity index (χ1) is 9.90. The number of hydrogen-bond donors (Lipinski definition) is 1. The van der Waals surface area contributed by atoms with Gasteiger partial charge < -0.3 is 10.1 Å². The third kappa shape index (κ3) is 3.53. The van der Waals surface area contributed by atoms with E-state index in [0.717, 1.165) is 10.0 Å². The van der Waals surface area contributed by atoms with Gasteiger partial charge in [0.1, 0.15) is 0 Å². The zero-order valence-electron chi connectivity index (χ0n) is 12.3. The molecule has 1 atom stereocenters. The number of ether oxygens (including phenoxy) is 1. The topological polar surface area (TPSA) is 55.4 Å². The van der Waals surface area contributed by atoms with Gasteiger partial charge in [-0.15, -0.1) is 0 Å². The third-order valence-corrected chi connectivity index (χ3v) is 4.03. The molecular weight excluding hydrogens is 334 g/mol. The normalized spacial score (nSPS) is 18.7. The Kier molecular flexibility index (Phi) is 4.83. The van der Waals surface area contributed by atoms with Crippen LogP contribution in [0.1, 0.15) is 38.7 Å². The molecule has 0 radical (unpaired) electrons. The van der Waals surface area contributed by atoms with Crippen LogP contribution in [-0.4, -0.2) is 18.0 Å². The van der Waals surface area contributed by atoms with E-state index in [0.29, 0.717) is 11.3 Å². The molecular formula is C16H18BrNO3. The molecule has 112 valence electrons. The maximum Gasteiger partial charge on any atom is 0.336 e. The number of carbonyl (C=O) groups excluding carboxylic acids is 2. The third-order valence-electron chi connectivity index (χ3n) is 3.31. The Hall–Kier alpha value is -1.62. The van der Waals surface area contributed by atoms with Crippen LogP contribution in [-0.2, 0) is 14.3 Å². The maximum absolute atomic E-state index is 12.4. The molecule has 1 N–H and O–H groups in total. The summed E-state index contributed by atoms with van der Waals surface area (Å²) in [7, 11) is 0. The van der Waals surface area contributed by atoms with Gasteiger partial charge >= 0.3 is 5.97 Å². The van der Waals surface area contributed by atoms with Crippen molar-refractivity contribution in [3.05, 3.63) is 45.6 Å². The lowest BCUT2D eigenvalue weighted by atomic mass is 9.84. The van der Waals surface area contributed by atoms with Crippen LogP contribution < -0.4 is 5.32 Å². The molecule has 0 saturated heterocycles. The van der Waals surface area contributed by atoms with E-state index in [1.165, 1.54) is 0 Å².